The van der Waals surface area contributed by atoms with E-state index in [0.717, 1.165) is 6.42 Å². The Labute approximate surface area is 81.9 Å². The molecule has 0 spiro atoms. The van der Waals surface area contributed by atoms with Crippen molar-refractivity contribution in [1.82, 2.24) is 9.78 Å². The largest absolute Gasteiger partial charge is 0.480 e. The van der Waals surface area contributed by atoms with E-state index in [1.807, 2.05) is 0 Å². The molecule has 1 heterocycles. The van der Waals surface area contributed by atoms with Gasteiger partial charge in [0.2, 0.25) is 5.88 Å². The van der Waals surface area contributed by atoms with Crippen LogP contribution in [0.3, 0.4) is 0 Å². The lowest BCUT2D eigenvalue weighted by molar-refractivity contribution is 0.278. The first kappa shape index (κ1) is 10.7. The van der Waals surface area contributed by atoms with E-state index in [1.165, 1.54) is 23.9 Å². The first-order chi connectivity index (χ1) is 6.77. The van der Waals surface area contributed by atoms with Crippen LogP contribution >= 0.6 is 0 Å². The van der Waals surface area contributed by atoms with Gasteiger partial charge in [0.15, 0.2) is 0 Å². The van der Waals surface area contributed by atoms with E-state index >= 15 is 0 Å². The van der Waals surface area contributed by atoms with Crippen LogP contribution in [0.5, 0.6) is 5.88 Å². The lowest BCUT2D eigenvalue weighted by Gasteiger charge is -2.04. The van der Waals surface area contributed by atoms with Crippen molar-refractivity contribution in [3.8, 4) is 5.88 Å². The minimum atomic E-state index is -0.149. The van der Waals surface area contributed by atoms with Crippen molar-refractivity contribution in [1.29, 1.82) is 0 Å². The average molecular weight is 198 g/mol. The number of hydrogen-bond donors (Lipinski definition) is 1. The molecular formula is C9H14N2O3. The quantitative estimate of drug-likeness (QED) is 0.678. The molecule has 78 valence electrons. The number of aromatic nitrogens is 2. The normalized spacial score (nSPS) is 10.1. The SMILES string of the molecule is COc1ccc(=O)n(CCCCO)n1. The third-order valence-corrected chi connectivity index (χ3v) is 1.83. The lowest BCUT2D eigenvalue weighted by Crippen LogP contribution is -2.22. The summed E-state index contributed by atoms with van der Waals surface area (Å²) in [6, 6.07) is 2.95. The number of nitrogens with zero attached hydrogens (tertiary/aromatic N) is 2. The first-order valence-corrected chi connectivity index (χ1v) is 4.51. The predicted molar refractivity (Wildman–Crippen MR) is 51.4 cm³/mol. The van der Waals surface area contributed by atoms with E-state index in [4.69, 9.17) is 9.84 Å². The second-order valence-electron chi connectivity index (χ2n) is 2.87. The number of rotatable bonds is 5. The molecule has 5 nitrogen and oxygen atoms in total. The molecule has 1 aromatic heterocycles. The summed E-state index contributed by atoms with van der Waals surface area (Å²) in [5.74, 6) is 0.425. The Balaban J connectivity index is 2.69. The topological polar surface area (TPSA) is 64.3 Å². The zero-order chi connectivity index (χ0) is 10.4. The van der Waals surface area contributed by atoms with E-state index in [-0.39, 0.29) is 12.2 Å². The molecular weight excluding hydrogens is 184 g/mol. The molecule has 1 rings (SSSR count). The van der Waals surface area contributed by atoms with Crippen LogP contribution in [0.1, 0.15) is 12.8 Å². The van der Waals surface area contributed by atoms with Crippen LogP contribution in [-0.4, -0.2) is 28.6 Å². The molecule has 0 fully saturated rings. The monoisotopic (exact) mass is 198 g/mol. The summed E-state index contributed by atoms with van der Waals surface area (Å²) < 4.78 is 6.24. The minimum Gasteiger partial charge on any atom is -0.480 e. The molecule has 0 radical (unpaired) electrons. The van der Waals surface area contributed by atoms with Gasteiger partial charge in [-0.3, -0.25) is 4.79 Å². The number of ether oxygens (including phenoxy) is 1. The first-order valence-electron chi connectivity index (χ1n) is 4.51. The van der Waals surface area contributed by atoms with Crippen LogP contribution < -0.4 is 10.3 Å². The maximum atomic E-state index is 11.3. The molecule has 0 aliphatic carbocycles. The molecule has 0 aromatic carbocycles. The standard InChI is InChI=1S/C9H14N2O3/c1-14-8-4-5-9(13)11(10-8)6-2-3-7-12/h4-5,12H,2-3,6-7H2,1H3. The zero-order valence-corrected chi connectivity index (χ0v) is 8.14. The highest BCUT2D eigenvalue weighted by Gasteiger charge is 1.99. The molecule has 1 aromatic rings. The number of unbranched alkanes of at least 4 members (excludes halogenated alkanes) is 1. The Hall–Kier alpha value is -1.36. The van der Waals surface area contributed by atoms with Crippen LogP contribution in [0.2, 0.25) is 0 Å². The van der Waals surface area contributed by atoms with Crippen LogP contribution in [0.4, 0.5) is 0 Å². The maximum absolute atomic E-state index is 11.3. The second kappa shape index (κ2) is 5.39. The smallest absolute Gasteiger partial charge is 0.266 e. The van der Waals surface area contributed by atoms with Crippen molar-refractivity contribution >= 4 is 0 Å². The Morgan fingerprint density at radius 3 is 2.93 bits per heavy atom. The van der Waals surface area contributed by atoms with Crippen molar-refractivity contribution in [2.75, 3.05) is 13.7 Å². The fraction of sp³-hybridized carbons (Fsp3) is 0.556. The van der Waals surface area contributed by atoms with Gasteiger partial charge in [0.05, 0.1) is 7.11 Å². The van der Waals surface area contributed by atoms with Crippen molar-refractivity contribution in [3.63, 3.8) is 0 Å². The Bertz CT molecular complexity index is 335. The summed E-state index contributed by atoms with van der Waals surface area (Å²) in [5, 5.41) is 12.5. The van der Waals surface area contributed by atoms with Crippen molar-refractivity contribution in [2.24, 2.45) is 0 Å². The van der Waals surface area contributed by atoms with Crippen LogP contribution in [0, 0.1) is 0 Å². The maximum Gasteiger partial charge on any atom is 0.266 e. The third kappa shape index (κ3) is 2.85. The minimum absolute atomic E-state index is 0.138. The zero-order valence-electron chi connectivity index (χ0n) is 8.14. The number of hydrogen-bond acceptors (Lipinski definition) is 4. The highest BCUT2D eigenvalue weighted by molar-refractivity contribution is 5.05. The second-order valence-corrected chi connectivity index (χ2v) is 2.87. The molecule has 0 atom stereocenters. The van der Waals surface area contributed by atoms with Gasteiger partial charge in [-0.1, -0.05) is 0 Å². The summed E-state index contributed by atoms with van der Waals surface area (Å²) in [5.41, 5.74) is -0.149. The summed E-state index contributed by atoms with van der Waals surface area (Å²) >= 11 is 0. The molecule has 14 heavy (non-hydrogen) atoms. The molecule has 1 N–H and O–H groups in total. The Kier molecular flexibility index (Phi) is 4.12. The number of aliphatic hydroxyl groups excluding tert-OH is 1. The highest BCUT2D eigenvalue weighted by atomic mass is 16.5. The van der Waals surface area contributed by atoms with Crippen molar-refractivity contribution in [2.45, 2.75) is 19.4 Å². The average Bonchev–Trinajstić information content (AvgIpc) is 2.21. The van der Waals surface area contributed by atoms with E-state index in [9.17, 15) is 4.79 Å². The van der Waals surface area contributed by atoms with Crippen molar-refractivity contribution < 1.29 is 9.84 Å². The molecule has 0 bridgehead atoms. The fourth-order valence-electron chi connectivity index (χ4n) is 1.07. The van der Waals surface area contributed by atoms with Gasteiger partial charge in [0.1, 0.15) is 0 Å². The van der Waals surface area contributed by atoms with Crippen LogP contribution in [0.25, 0.3) is 0 Å². The molecule has 0 saturated heterocycles. The molecule has 0 saturated carbocycles. The summed E-state index contributed by atoms with van der Waals surface area (Å²) in [6.45, 7) is 0.648. The van der Waals surface area contributed by atoms with Gasteiger partial charge < -0.3 is 9.84 Å². The summed E-state index contributed by atoms with van der Waals surface area (Å²) in [7, 11) is 1.50. The van der Waals surface area contributed by atoms with Gasteiger partial charge in [0.25, 0.3) is 5.56 Å². The van der Waals surface area contributed by atoms with Crippen LogP contribution in [-0.2, 0) is 6.54 Å². The van der Waals surface area contributed by atoms with Crippen molar-refractivity contribution in [3.05, 3.63) is 22.5 Å². The fourth-order valence-corrected chi connectivity index (χ4v) is 1.07. The van der Waals surface area contributed by atoms with Gasteiger partial charge in [-0.2, -0.15) is 0 Å². The van der Waals surface area contributed by atoms with E-state index in [2.05, 4.69) is 5.10 Å². The van der Waals surface area contributed by atoms with E-state index < -0.39 is 0 Å². The lowest BCUT2D eigenvalue weighted by atomic mass is 10.3. The van der Waals surface area contributed by atoms with Gasteiger partial charge in [-0.25, -0.2) is 4.68 Å². The van der Waals surface area contributed by atoms with Gasteiger partial charge in [0, 0.05) is 25.3 Å². The van der Waals surface area contributed by atoms with E-state index in [0.29, 0.717) is 18.8 Å². The highest BCUT2D eigenvalue weighted by Crippen LogP contribution is 2.00. The van der Waals surface area contributed by atoms with Gasteiger partial charge >= 0.3 is 0 Å². The summed E-state index contributed by atoms with van der Waals surface area (Å²) in [6.07, 6.45) is 1.40. The summed E-state index contributed by atoms with van der Waals surface area (Å²) in [4.78, 5) is 11.3. The number of methoxy groups -OCH3 is 1. The number of aryl methyl sites for hydroxylation is 1. The van der Waals surface area contributed by atoms with Gasteiger partial charge in [-0.15, -0.1) is 5.10 Å². The molecule has 0 aliphatic rings. The molecule has 5 heteroatoms. The molecule has 0 aliphatic heterocycles. The third-order valence-electron chi connectivity index (χ3n) is 1.83. The molecule has 0 unspecified atom stereocenters. The Morgan fingerprint density at radius 2 is 2.29 bits per heavy atom. The molecule has 0 amide bonds. The Morgan fingerprint density at radius 1 is 1.50 bits per heavy atom. The van der Waals surface area contributed by atoms with Gasteiger partial charge in [-0.05, 0) is 12.8 Å². The predicted octanol–water partition coefficient (Wildman–Crippen LogP) is 0.0244. The van der Waals surface area contributed by atoms with E-state index in [1.54, 1.807) is 0 Å². The van der Waals surface area contributed by atoms with Crippen LogP contribution in [0.15, 0.2) is 16.9 Å². The number of aliphatic hydroxyl groups is 1.